The van der Waals surface area contributed by atoms with Crippen LogP contribution < -0.4 is 11.1 Å². The number of hydrogen-bond donors (Lipinski definition) is 4. The van der Waals surface area contributed by atoms with Crippen LogP contribution in [-0.2, 0) is 6.42 Å². The Morgan fingerprint density at radius 2 is 1.89 bits per heavy atom. The number of aromatic amines is 2. The predicted molar refractivity (Wildman–Crippen MR) is 143 cm³/mol. The first-order valence-electron chi connectivity index (χ1n) is 12.0. The lowest BCUT2D eigenvalue weighted by Gasteiger charge is -2.11. The molecule has 5 aromatic rings. The second kappa shape index (κ2) is 9.02. The molecule has 0 unspecified atom stereocenters. The number of benzene rings is 1. The minimum Gasteiger partial charge on any atom is -0.402 e. The molecular formula is C28H25FN8. The Hall–Kier alpha value is -4.79. The molecule has 0 saturated carbocycles. The number of nitrogens with one attached hydrogen (secondary N) is 3. The summed E-state index contributed by atoms with van der Waals surface area (Å²) in [5, 5.41) is 11.1. The predicted octanol–water partition coefficient (Wildman–Crippen LogP) is 5.20. The van der Waals surface area contributed by atoms with E-state index in [1.54, 1.807) is 30.9 Å². The summed E-state index contributed by atoms with van der Waals surface area (Å²) in [5.41, 5.74) is 13.2. The van der Waals surface area contributed by atoms with Crippen molar-refractivity contribution < 1.29 is 4.39 Å². The number of nitrogens with two attached hydrogens (primary N) is 1. The average Bonchev–Trinajstić information content (AvgIpc) is 3.46. The van der Waals surface area contributed by atoms with Crippen LogP contribution in [0.3, 0.4) is 0 Å². The van der Waals surface area contributed by atoms with Gasteiger partial charge in [0.2, 0.25) is 0 Å². The van der Waals surface area contributed by atoms with E-state index in [1.807, 2.05) is 50.3 Å². The van der Waals surface area contributed by atoms with Gasteiger partial charge < -0.3 is 16.0 Å². The topological polar surface area (TPSA) is 121 Å². The van der Waals surface area contributed by atoms with E-state index in [-0.39, 0.29) is 6.04 Å². The van der Waals surface area contributed by atoms with Crippen molar-refractivity contribution in [2.24, 2.45) is 5.73 Å². The molecule has 0 aliphatic heterocycles. The molecule has 5 N–H and O–H groups in total. The molecule has 0 saturated heterocycles. The number of aromatic nitrogens is 6. The number of imidazole rings is 1. The van der Waals surface area contributed by atoms with Gasteiger partial charge in [0.05, 0.1) is 22.3 Å². The van der Waals surface area contributed by atoms with Crippen molar-refractivity contribution in [3.05, 3.63) is 95.7 Å². The second-order valence-corrected chi connectivity index (χ2v) is 9.34. The minimum absolute atomic E-state index is 0.230. The largest absolute Gasteiger partial charge is 0.402 e. The summed E-state index contributed by atoms with van der Waals surface area (Å²) in [6, 6.07) is 9.53. The van der Waals surface area contributed by atoms with Crippen LogP contribution >= 0.6 is 0 Å². The number of H-pyrrole nitrogens is 2. The average molecular weight is 493 g/mol. The standard InChI is InChI=1S/C28H25FN8/c1-15(2)33-19-10-17(13-32-14-19)20-7-8-22-24(25(20)29)27(37-36-22)28-34-23-11-18(30)5-6-21(26(23)35-28)16-4-3-9-31-12-16/h3-10,12-15,33H,11,30H2,1-2H3,(H,34,35)(H,36,37). The summed E-state index contributed by atoms with van der Waals surface area (Å²) in [5.74, 6) is 0.0731. The monoisotopic (exact) mass is 492 g/mol. The third-order valence-electron chi connectivity index (χ3n) is 6.25. The zero-order valence-corrected chi connectivity index (χ0v) is 20.4. The van der Waals surface area contributed by atoms with Gasteiger partial charge in [-0.1, -0.05) is 12.1 Å². The third kappa shape index (κ3) is 4.14. The smallest absolute Gasteiger partial charge is 0.159 e. The van der Waals surface area contributed by atoms with Crippen molar-refractivity contribution in [1.82, 2.24) is 30.1 Å². The van der Waals surface area contributed by atoms with Gasteiger partial charge in [0.1, 0.15) is 11.5 Å². The van der Waals surface area contributed by atoms with E-state index in [9.17, 15) is 0 Å². The van der Waals surface area contributed by atoms with Crippen LogP contribution in [0.25, 0.3) is 39.1 Å². The maximum atomic E-state index is 16.1. The lowest BCUT2D eigenvalue weighted by molar-refractivity contribution is 0.643. The zero-order valence-electron chi connectivity index (χ0n) is 20.4. The van der Waals surface area contributed by atoms with Gasteiger partial charge in [-0.25, -0.2) is 9.37 Å². The van der Waals surface area contributed by atoms with E-state index < -0.39 is 5.82 Å². The molecule has 9 heteroatoms. The maximum Gasteiger partial charge on any atom is 0.159 e. The van der Waals surface area contributed by atoms with Crippen molar-refractivity contribution in [3.8, 4) is 22.6 Å². The molecule has 0 atom stereocenters. The van der Waals surface area contributed by atoms with Gasteiger partial charge in [0, 0.05) is 70.9 Å². The van der Waals surface area contributed by atoms with Gasteiger partial charge in [-0.3, -0.25) is 15.1 Å². The van der Waals surface area contributed by atoms with E-state index in [0.29, 0.717) is 45.7 Å². The number of anilines is 1. The van der Waals surface area contributed by atoms with Gasteiger partial charge in [-0.05, 0) is 44.2 Å². The van der Waals surface area contributed by atoms with E-state index in [4.69, 9.17) is 10.7 Å². The third-order valence-corrected chi connectivity index (χ3v) is 6.25. The van der Waals surface area contributed by atoms with Crippen molar-refractivity contribution in [3.63, 3.8) is 0 Å². The van der Waals surface area contributed by atoms with Gasteiger partial charge >= 0.3 is 0 Å². The first-order valence-corrected chi connectivity index (χ1v) is 12.0. The molecule has 0 fully saturated rings. The molecule has 0 spiro atoms. The highest BCUT2D eigenvalue weighted by Gasteiger charge is 2.24. The number of hydrogen-bond acceptors (Lipinski definition) is 6. The van der Waals surface area contributed by atoms with Gasteiger partial charge in [-0.15, -0.1) is 0 Å². The van der Waals surface area contributed by atoms with E-state index in [1.165, 1.54) is 0 Å². The SMILES string of the molecule is CC(C)Nc1cncc(-c2ccc3[nH]nc(-c4nc5c([nH]4)CC(N)=CC=C5c4cccnc4)c3c2F)c1. The number of allylic oxidation sites excluding steroid dienone is 3. The van der Waals surface area contributed by atoms with Gasteiger partial charge in [0.15, 0.2) is 5.82 Å². The Kier molecular flexibility index (Phi) is 5.52. The molecule has 6 rings (SSSR count). The number of nitrogens with zero attached hydrogens (tertiary/aromatic N) is 4. The van der Waals surface area contributed by atoms with Gasteiger partial charge in [-0.2, -0.15) is 5.10 Å². The Morgan fingerprint density at radius 1 is 1.03 bits per heavy atom. The van der Waals surface area contributed by atoms with Crippen LogP contribution in [0.4, 0.5) is 10.1 Å². The summed E-state index contributed by atoms with van der Waals surface area (Å²) in [7, 11) is 0. The number of fused-ring (bicyclic) bond motifs is 2. The summed E-state index contributed by atoms with van der Waals surface area (Å²) in [6.45, 7) is 4.08. The van der Waals surface area contributed by atoms with Gasteiger partial charge in [0.25, 0.3) is 0 Å². The fourth-order valence-electron chi connectivity index (χ4n) is 4.63. The molecule has 37 heavy (non-hydrogen) atoms. The molecular weight excluding hydrogens is 467 g/mol. The van der Waals surface area contributed by atoms with Crippen LogP contribution in [0.1, 0.15) is 30.8 Å². The quantitative estimate of drug-likeness (QED) is 0.268. The number of pyridine rings is 2. The van der Waals surface area contributed by atoms with Crippen molar-refractivity contribution in [2.75, 3.05) is 5.32 Å². The molecule has 1 aromatic carbocycles. The fourth-order valence-corrected chi connectivity index (χ4v) is 4.63. The molecule has 4 heterocycles. The maximum absolute atomic E-state index is 16.1. The summed E-state index contributed by atoms with van der Waals surface area (Å²) >= 11 is 0. The Bertz CT molecular complexity index is 1680. The Labute approximate surface area is 212 Å². The van der Waals surface area contributed by atoms with E-state index in [0.717, 1.165) is 28.2 Å². The second-order valence-electron chi connectivity index (χ2n) is 9.34. The highest BCUT2D eigenvalue weighted by molar-refractivity contribution is 5.95. The Morgan fingerprint density at radius 3 is 2.70 bits per heavy atom. The minimum atomic E-state index is -0.390. The molecule has 0 radical (unpaired) electrons. The van der Waals surface area contributed by atoms with Crippen LogP contribution in [0.15, 0.2) is 73.0 Å². The number of rotatable bonds is 5. The van der Waals surface area contributed by atoms with E-state index in [2.05, 4.69) is 30.5 Å². The molecule has 1 aliphatic carbocycles. The highest BCUT2D eigenvalue weighted by Crippen LogP contribution is 2.36. The van der Waals surface area contributed by atoms with Crippen LogP contribution in [0, 0.1) is 5.82 Å². The first-order chi connectivity index (χ1) is 18.0. The molecule has 8 nitrogen and oxygen atoms in total. The van der Waals surface area contributed by atoms with Crippen molar-refractivity contribution in [2.45, 2.75) is 26.3 Å². The highest BCUT2D eigenvalue weighted by atomic mass is 19.1. The molecule has 0 amide bonds. The summed E-state index contributed by atoms with van der Waals surface area (Å²) < 4.78 is 16.1. The molecule has 1 aliphatic rings. The Balaban J connectivity index is 1.47. The van der Waals surface area contributed by atoms with Crippen LogP contribution in [-0.4, -0.2) is 36.2 Å². The first kappa shape index (κ1) is 22.7. The van der Waals surface area contributed by atoms with E-state index >= 15 is 4.39 Å². The molecule has 4 aromatic heterocycles. The lowest BCUT2D eigenvalue weighted by Crippen LogP contribution is -2.09. The molecule has 184 valence electrons. The van der Waals surface area contributed by atoms with Crippen molar-refractivity contribution in [1.29, 1.82) is 0 Å². The summed E-state index contributed by atoms with van der Waals surface area (Å²) in [6.07, 6.45) is 11.2. The lowest BCUT2D eigenvalue weighted by atomic mass is 10.0. The van der Waals surface area contributed by atoms with Crippen molar-refractivity contribution >= 4 is 22.2 Å². The number of halogens is 1. The van der Waals surface area contributed by atoms with Crippen LogP contribution in [0.2, 0.25) is 0 Å². The normalized spacial score (nSPS) is 13.3. The zero-order chi connectivity index (χ0) is 25.5. The van der Waals surface area contributed by atoms with Crippen LogP contribution in [0.5, 0.6) is 0 Å². The fraction of sp³-hybridized carbons (Fsp3) is 0.143. The molecule has 0 bridgehead atoms. The summed E-state index contributed by atoms with van der Waals surface area (Å²) in [4.78, 5) is 16.8.